The number of esters is 2. The predicted octanol–water partition coefficient (Wildman–Crippen LogP) is 2.62. The SMILES string of the molecule is O=C(SC(CC(=O)c1ccco1)C(=O)OC(=O)[C@@H]1CCCN1)c1ccccc1. The van der Waals surface area contributed by atoms with Gasteiger partial charge in [0.2, 0.25) is 5.12 Å². The molecular formula is C20H19NO6S. The molecule has 2 heterocycles. The van der Waals surface area contributed by atoms with Gasteiger partial charge < -0.3 is 14.5 Å². The molecule has 1 aromatic heterocycles. The average Bonchev–Trinajstić information content (AvgIpc) is 3.41. The van der Waals surface area contributed by atoms with Crippen molar-refractivity contribution in [1.29, 1.82) is 0 Å². The molecule has 2 atom stereocenters. The van der Waals surface area contributed by atoms with Crippen LogP contribution in [0.25, 0.3) is 0 Å². The number of thioether (sulfide) groups is 1. The van der Waals surface area contributed by atoms with E-state index in [1.54, 1.807) is 36.4 Å². The number of benzene rings is 1. The third-order valence-corrected chi connectivity index (χ3v) is 5.33. The Hall–Kier alpha value is -2.71. The molecule has 3 rings (SSSR count). The Bertz CT molecular complexity index is 843. The van der Waals surface area contributed by atoms with E-state index in [-0.39, 0.29) is 17.3 Å². The standard InChI is InChI=1S/C20H19NO6S/c22-15(16-9-5-11-26-16)12-17(28-20(25)13-6-2-1-3-7-13)19(24)27-18(23)14-8-4-10-21-14/h1-3,5-7,9,11,14,17,21H,4,8,10,12H2/t14-,17?/m0/s1. The van der Waals surface area contributed by atoms with Gasteiger partial charge in [0.1, 0.15) is 11.3 Å². The van der Waals surface area contributed by atoms with Crippen molar-refractivity contribution in [2.24, 2.45) is 0 Å². The summed E-state index contributed by atoms with van der Waals surface area (Å²) in [4.78, 5) is 49.5. The topological polar surface area (TPSA) is 103 Å². The van der Waals surface area contributed by atoms with E-state index in [0.717, 1.165) is 6.42 Å². The smallest absolute Gasteiger partial charge is 0.330 e. The molecule has 28 heavy (non-hydrogen) atoms. The van der Waals surface area contributed by atoms with Gasteiger partial charge in [0.05, 0.1) is 6.26 Å². The molecule has 1 saturated heterocycles. The van der Waals surface area contributed by atoms with Crippen LogP contribution in [0.5, 0.6) is 0 Å². The molecule has 0 spiro atoms. The van der Waals surface area contributed by atoms with E-state index in [9.17, 15) is 19.2 Å². The normalized spacial score (nSPS) is 17.1. The van der Waals surface area contributed by atoms with Crippen LogP contribution in [0.3, 0.4) is 0 Å². The van der Waals surface area contributed by atoms with Gasteiger partial charge in [0, 0.05) is 12.0 Å². The monoisotopic (exact) mass is 401 g/mol. The maximum absolute atomic E-state index is 12.6. The summed E-state index contributed by atoms with van der Waals surface area (Å²) in [5, 5.41) is 1.40. The Morgan fingerprint density at radius 2 is 1.93 bits per heavy atom. The molecule has 146 valence electrons. The molecule has 1 N–H and O–H groups in total. The third-order valence-electron chi connectivity index (χ3n) is 4.23. The highest BCUT2D eigenvalue weighted by molar-refractivity contribution is 8.15. The van der Waals surface area contributed by atoms with Gasteiger partial charge in [-0.05, 0) is 31.5 Å². The van der Waals surface area contributed by atoms with Gasteiger partial charge in [-0.15, -0.1) is 0 Å². The van der Waals surface area contributed by atoms with Crippen molar-refractivity contribution in [3.05, 3.63) is 60.1 Å². The third kappa shape index (κ3) is 5.17. The van der Waals surface area contributed by atoms with Gasteiger partial charge in [0.15, 0.2) is 11.5 Å². The maximum Gasteiger partial charge on any atom is 0.330 e. The number of ketones is 1. The molecule has 8 heteroatoms. The fraction of sp³-hybridized carbons (Fsp3) is 0.300. The summed E-state index contributed by atoms with van der Waals surface area (Å²) in [6.45, 7) is 0.676. The van der Waals surface area contributed by atoms with Gasteiger partial charge >= 0.3 is 11.9 Å². The summed E-state index contributed by atoms with van der Waals surface area (Å²) < 4.78 is 10.0. The molecular weight excluding hydrogens is 382 g/mol. The summed E-state index contributed by atoms with van der Waals surface area (Å²) in [5.41, 5.74) is 0.388. The highest BCUT2D eigenvalue weighted by Crippen LogP contribution is 2.24. The van der Waals surface area contributed by atoms with Crippen LogP contribution in [-0.2, 0) is 14.3 Å². The Morgan fingerprint density at radius 1 is 1.14 bits per heavy atom. The van der Waals surface area contributed by atoms with E-state index in [4.69, 9.17) is 9.15 Å². The number of hydrogen-bond acceptors (Lipinski definition) is 8. The van der Waals surface area contributed by atoms with E-state index in [0.29, 0.717) is 30.3 Å². The lowest BCUT2D eigenvalue weighted by atomic mass is 10.2. The second kappa shape index (κ2) is 9.48. The first-order chi connectivity index (χ1) is 13.5. The molecule has 1 aromatic carbocycles. The molecule has 0 amide bonds. The zero-order valence-corrected chi connectivity index (χ0v) is 15.8. The maximum atomic E-state index is 12.6. The first-order valence-corrected chi connectivity index (χ1v) is 9.74. The Labute approximate surface area is 165 Å². The van der Waals surface area contributed by atoms with Gasteiger partial charge in [0.25, 0.3) is 0 Å². The highest BCUT2D eigenvalue weighted by Gasteiger charge is 2.33. The molecule has 1 fully saturated rings. The largest absolute Gasteiger partial charge is 0.461 e. The fourth-order valence-corrected chi connectivity index (χ4v) is 3.68. The number of carbonyl (C=O) groups excluding carboxylic acids is 4. The molecule has 0 saturated carbocycles. The lowest BCUT2D eigenvalue weighted by molar-refractivity contribution is -0.160. The van der Waals surface area contributed by atoms with Crippen LogP contribution in [0.15, 0.2) is 53.1 Å². The van der Waals surface area contributed by atoms with Gasteiger partial charge in [-0.1, -0.05) is 42.1 Å². The number of hydrogen-bond donors (Lipinski definition) is 1. The highest BCUT2D eigenvalue weighted by atomic mass is 32.2. The summed E-state index contributed by atoms with van der Waals surface area (Å²) in [6.07, 6.45) is 2.42. The molecule has 0 aliphatic carbocycles. The van der Waals surface area contributed by atoms with Crippen LogP contribution in [0.2, 0.25) is 0 Å². The molecule has 7 nitrogen and oxygen atoms in total. The lowest BCUT2D eigenvalue weighted by Crippen LogP contribution is -2.36. The lowest BCUT2D eigenvalue weighted by Gasteiger charge is -2.15. The zero-order valence-electron chi connectivity index (χ0n) is 15.0. The summed E-state index contributed by atoms with van der Waals surface area (Å²) in [5.74, 6) is -1.97. The van der Waals surface area contributed by atoms with Crippen molar-refractivity contribution >= 4 is 34.6 Å². The van der Waals surface area contributed by atoms with E-state index >= 15 is 0 Å². The second-order valence-corrected chi connectivity index (χ2v) is 7.43. The molecule has 0 bridgehead atoms. The molecule has 0 radical (unpaired) electrons. The van der Waals surface area contributed by atoms with E-state index < -0.39 is 29.0 Å². The minimum atomic E-state index is -1.16. The summed E-state index contributed by atoms with van der Waals surface area (Å²) in [6, 6.07) is 10.9. The van der Waals surface area contributed by atoms with Crippen LogP contribution < -0.4 is 5.32 Å². The van der Waals surface area contributed by atoms with Gasteiger partial charge in [-0.3, -0.25) is 14.4 Å². The van der Waals surface area contributed by atoms with Crippen LogP contribution in [0, 0.1) is 0 Å². The first kappa shape index (κ1) is 20.0. The van der Waals surface area contributed by atoms with Crippen molar-refractivity contribution in [2.45, 2.75) is 30.6 Å². The number of rotatable bonds is 7. The fourth-order valence-electron chi connectivity index (χ4n) is 2.77. The number of carbonyl (C=O) groups is 4. The summed E-state index contributed by atoms with van der Waals surface area (Å²) >= 11 is 0.667. The second-order valence-electron chi connectivity index (χ2n) is 6.25. The molecule has 1 aliphatic rings. The summed E-state index contributed by atoms with van der Waals surface area (Å²) in [7, 11) is 0. The van der Waals surface area contributed by atoms with Crippen molar-refractivity contribution in [2.75, 3.05) is 6.54 Å². The Morgan fingerprint density at radius 3 is 2.57 bits per heavy atom. The van der Waals surface area contributed by atoms with Crippen molar-refractivity contribution in [1.82, 2.24) is 5.32 Å². The van der Waals surface area contributed by atoms with Crippen LogP contribution in [-0.4, -0.2) is 40.7 Å². The molecule has 2 aromatic rings. The number of furan rings is 1. The molecule has 1 unspecified atom stereocenters. The van der Waals surface area contributed by atoms with Crippen LogP contribution in [0.4, 0.5) is 0 Å². The minimum Gasteiger partial charge on any atom is -0.461 e. The number of Topliss-reactive ketones (excluding diaryl/α,β-unsaturated/α-hetero) is 1. The minimum absolute atomic E-state index is 0.0781. The first-order valence-electron chi connectivity index (χ1n) is 8.86. The Balaban J connectivity index is 1.71. The Kier molecular flexibility index (Phi) is 6.78. The average molecular weight is 401 g/mol. The van der Waals surface area contributed by atoms with Crippen LogP contribution in [0.1, 0.15) is 40.2 Å². The predicted molar refractivity (Wildman–Crippen MR) is 102 cm³/mol. The van der Waals surface area contributed by atoms with Gasteiger partial charge in [-0.2, -0.15) is 0 Å². The number of nitrogens with one attached hydrogen (secondary N) is 1. The van der Waals surface area contributed by atoms with E-state index in [1.807, 2.05) is 0 Å². The quantitative estimate of drug-likeness (QED) is 0.429. The van der Waals surface area contributed by atoms with Crippen molar-refractivity contribution in [3.63, 3.8) is 0 Å². The van der Waals surface area contributed by atoms with E-state index in [2.05, 4.69) is 5.32 Å². The molecule has 1 aliphatic heterocycles. The zero-order chi connectivity index (χ0) is 19.9. The number of ether oxygens (including phenoxy) is 1. The van der Waals surface area contributed by atoms with Crippen LogP contribution >= 0.6 is 11.8 Å². The van der Waals surface area contributed by atoms with Crippen molar-refractivity contribution < 1.29 is 28.3 Å². The van der Waals surface area contributed by atoms with Gasteiger partial charge in [-0.25, -0.2) is 4.79 Å². The van der Waals surface area contributed by atoms with E-state index in [1.165, 1.54) is 12.3 Å². The van der Waals surface area contributed by atoms with Crippen molar-refractivity contribution in [3.8, 4) is 0 Å².